The topological polar surface area (TPSA) is 35.2 Å². The maximum absolute atomic E-state index is 6.28. The number of ether oxygens (including phenoxy) is 1. The van der Waals surface area contributed by atoms with Gasteiger partial charge >= 0.3 is 0 Å². The van der Waals surface area contributed by atoms with Gasteiger partial charge in [0, 0.05) is 11.1 Å². The fraction of sp³-hybridized carbons (Fsp3) is 0.538. The highest BCUT2D eigenvalue weighted by Crippen LogP contribution is 2.49. The Morgan fingerprint density at radius 2 is 2.00 bits per heavy atom. The Labute approximate surface area is 105 Å². The van der Waals surface area contributed by atoms with E-state index in [1.54, 1.807) is 7.11 Å². The van der Waals surface area contributed by atoms with Crippen LogP contribution in [0.15, 0.2) is 16.6 Å². The zero-order valence-corrected chi connectivity index (χ0v) is 11.6. The van der Waals surface area contributed by atoms with E-state index in [9.17, 15) is 0 Å². The summed E-state index contributed by atoms with van der Waals surface area (Å²) in [6, 6.07) is 4.32. The summed E-state index contributed by atoms with van der Waals surface area (Å²) in [7, 11) is 1.70. The Bertz CT molecular complexity index is 411. The van der Waals surface area contributed by atoms with Gasteiger partial charge in [0.25, 0.3) is 0 Å². The zero-order chi connectivity index (χ0) is 11.9. The van der Waals surface area contributed by atoms with Crippen LogP contribution in [0.5, 0.6) is 5.75 Å². The van der Waals surface area contributed by atoms with Crippen molar-refractivity contribution in [2.45, 2.75) is 38.1 Å². The van der Waals surface area contributed by atoms with Gasteiger partial charge in [-0.05, 0) is 52.4 Å². The van der Waals surface area contributed by atoms with Gasteiger partial charge in [-0.3, -0.25) is 0 Å². The van der Waals surface area contributed by atoms with Gasteiger partial charge in [-0.15, -0.1) is 0 Å². The molecule has 0 spiro atoms. The molecule has 0 amide bonds. The first-order chi connectivity index (χ1) is 7.48. The van der Waals surface area contributed by atoms with Gasteiger partial charge in [0.05, 0.1) is 11.6 Å². The molecule has 1 aromatic carbocycles. The van der Waals surface area contributed by atoms with Gasteiger partial charge < -0.3 is 10.5 Å². The average Bonchev–Trinajstić information content (AvgIpc) is 2.96. The lowest BCUT2D eigenvalue weighted by Crippen LogP contribution is -2.20. The van der Waals surface area contributed by atoms with Crippen molar-refractivity contribution in [1.82, 2.24) is 0 Å². The second kappa shape index (κ2) is 4.04. The first kappa shape index (κ1) is 11.9. The summed E-state index contributed by atoms with van der Waals surface area (Å²) in [6.07, 6.45) is 2.11. The number of halogens is 1. The van der Waals surface area contributed by atoms with E-state index < -0.39 is 0 Å². The molecule has 0 aliphatic heterocycles. The molecule has 0 unspecified atom stereocenters. The summed E-state index contributed by atoms with van der Waals surface area (Å²) in [4.78, 5) is 0. The Kier molecular flexibility index (Phi) is 3.01. The van der Waals surface area contributed by atoms with Gasteiger partial charge in [-0.1, -0.05) is 13.8 Å². The maximum Gasteiger partial charge on any atom is 0.138 e. The quantitative estimate of drug-likeness (QED) is 0.921. The van der Waals surface area contributed by atoms with E-state index in [1.807, 2.05) is 0 Å². The van der Waals surface area contributed by atoms with Gasteiger partial charge in [0.1, 0.15) is 5.75 Å². The summed E-state index contributed by atoms with van der Waals surface area (Å²) in [5, 5.41) is 0. The van der Waals surface area contributed by atoms with Crippen LogP contribution in [-0.2, 0) is 5.54 Å². The van der Waals surface area contributed by atoms with E-state index in [2.05, 4.69) is 41.9 Å². The third kappa shape index (κ3) is 1.98. The molecule has 16 heavy (non-hydrogen) atoms. The molecule has 0 saturated heterocycles. The molecule has 1 saturated carbocycles. The third-order valence-corrected chi connectivity index (χ3v) is 3.85. The van der Waals surface area contributed by atoms with Crippen LogP contribution in [0.2, 0.25) is 0 Å². The van der Waals surface area contributed by atoms with Crippen molar-refractivity contribution < 1.29 is 4.74 Å². The molecule has 0 heterocycles. The van der Waals surface area contributed by atoms with E-state index in [1.165, 1.54) is 5.56 Å². The SMILES string of the molecule is COc1c(Br)cc(C(C)C)cc1C1(N)CC1. The number of hydrogen-bond donors (Lipinski definition) is 1. The molecule has 88 valence electrons. The van der Waals surface area contributed by atoms with E-state index in [-0.39, 0.29) is 5.54 Å². The molecule has 2 N–H and O–H groups in total. The summed E-state index contributed by atoms with van der Waals surface area (Å²) in [5.74, 6) is 1.40. The van der Waals surface area contributed by atoms with Crippen molar-refractivity contribution in [2.75, 3.05) is 7.11 Å². The summed E-state index contributed by atoms with van der Waals surface area (Å²) >= 11 is 3.57. The highest BCUT2D eigenvalue weighted by molar-refractivity contribution is 9.10. The van der Waals surface area contributed by atoms with Gasteiger partial charge in [0.15, 0.2) is 0 Å². The van der Waals surface area contributed by atoms with Crippen LogP contribution >= 0.6 is 15.9 Å². The largest absolute Gasteiger partial charge is 0.495 e. The lowest BCUT2D eigenvalue weighted by Gasteiger charge is -2.18. The van der Waals surface area contributed by atoms with Crippen molar-refractivity contribution in [2.24, 2.45) is 5.73 Å². The molecule has 1 fully saturated rings. The van der Waals surface area contributed by atoms with Crippen LogP contribution in [0.3, 0.4) is 0 Å². The van der Waals surface area contributed by atoms with Crippen LogP contribution in [-0.4, -0.2) is 7.11 Å². The molecule has 0 atom stereocenters. The van der Waals surface area contributed by atoms with Crippen LogP contribution in [0.25, 0.3) is 0 Å². The molecule has 0 bridgehead atoms. The fourth-order valence-corrected chi connectivity index (χ4v) is 2.57. The van der Waals surface area contributed by atoms with Gasteiger partial charge in [-0.2, -0.15) is 0 Å². The maximum atomic E-state index is 6.28. The Morgan fingerprint density at radius 1 is 1.38 bits per heavy atom. The number of hydrogen-bond acceptors (Lipinski definition) is 2. The van der Waals surface area contributed by atoms with Gasteiger partial charge in [-0.25, -0.2) is 0 Å². The first-order valence-corrected chi connectivity index (χ1v) is 6.44. The minimum atomic E-state index is -0.154. The van der Waals surface area contributed by atoms with Crippen LogP contribution in [0.4, 0.5) is 0 Å². The molecule has 0 radical (unpaired) electrons. The van der Waals surface area contributed by atoms with Crippen molar-refractivity contribution in [3.05, 3.63) is 27.7 Å². The normalized spacial score (nSPS) is 17.6. The minimum Gasteiger partial charge on any atom is -0.495 e. The van der Waals surface area contributed by atoms with Crippen LogP contribution in [0, 0.1) is 0 Å². The third-order valence-electron chi connectivity index (χ3n) is 3.26. The van der Waals surface area contributed by atoms with Crippen LogP contribution in [0.1, 0.15) is 43.7 Å². The molecular formula is C13H18BrNO. The van der Waals surface area contributed by atoms with E-state index in [4.69, 9.17) is 10.5 Å². The van der Waals surface area contributed by atoms with Crippen molar-refractivity contribution in [3.8, 4) is 5.75 Å². The standard InChI is InChI=1S/C13H18BrNO/c1-8(2)9-6-10(13(15)4-5-13)12(16-3)11(14)7-9/h6-8H,4-5,15H2,1-3H3. The van der Waals surface area contributed by atoms with E-state index >= 15 is 0 Å². The van der Waals surface area contributed by atoms with Crippen molar-refractivity contribution in [1.29, 1.82) is 0 Å². The van der Waals surface area contributed by atoms with Crippen molar-refractivity contribution in [3.63, 3.8) is 0 Å². The predicted octanol–water partition coefficient (Wildman–Crippen LogP) is 3.53. The second-order valence-corrected chi connectivity index (χ2v) is 5.75. The average molecular weight is 284 g/mol. The Hall–Kier alpha value is -0.540. The monoisotopic (exact) mass is 283 g/mol. The van der Waals surface area contributed by atoms with Crippen molar-refractivity contribution >= 4 is 15.9 Å². The summed E-state index contributed by atoms with van der Waals surface area (Å²) in [5.41, 5.74) is 8.58. The number of methoxy groups -OCH3 is 1. The molecule has 0 aromatic heterocycles. The van der Waals surface area contributed by atoms with E-state index in [0.29, 0.717) is 5.92 Å². The van der Waals surface area contributed by atoms with Crippen LogP contribution < -0.4 is 10.5 Å². The number of benzene rings is 1. The lowest BCUT2D eigenvalue weighted by molar-refractivity contribution is 0.401. The minimum absolute atomic E-state index is 0.154. The van der Waals surface area contributed by atoms with Gasteiger partial charge in [0.2, 0.25) is 0 Å². The lowest BCUT2D eigenvalue weighted by atomic mass is 9.96. The summed E-state index contributed by atoms with van der Waals surface area (Å²) in [6.45, 7) is 4.38. The highest BCUT2D eigenvalue weighted by atomic mass is 79.9. The molecule has 2 rings (SSSR count). The molecule has 2 nitrogen and oxygen atoms in total. The highest BCUT2D eigenvalue weighted by Gasteiger charge is 2.42. The Morgan fingerprint density at radius 3 is 2.44 bits per heavy atom. The number of nitrogens with two attached hydrogens (primary N) is 1. The molecule has 1 aliphatic rings. The predicted molar refractivity (Wildman–Crippen MR) is 69.9 cm³/mol. The Balaban J connectivity index is 2.55. The first-order valence-electron chi connectivity index (χ1n) is 5.65. The summed E-state index contributed by atoms with van der Waals surface area (Å²) < 4.78 is 6.46. The molecule has 3 heteroatoms. The molecule has 1 aromatic rings. The number of rotatable bonds is 3. The smallest absolute Gasteiger partial charge is 0.138 e. The molecular weight excluding hydrogens is 266 g/mol. The van der Waals surface area contributed by atoms with E-state index in [0.717, 1.165) is 28.6 Å². The fourth-order valence-electron chi connectivity index (χ4n) is 1.93. The zero-order valence-electron chi connectivity index (χ0n) is 10.0. The molecule has 1 aliphatic carbocycles. The second-order valence-electron chi connectivity index (χ2n) is 4.89.